The predicted molar refractivity (Wildman–Crippen MR) is 80.3 cm³/mol. The van der Waals surface area contributed by atoms with Gasteiger partial charge >= 0.3 is 0 Å². The molecule has 0 aromatic heterocycles. The fourth-order valence-corrected chi connectivity index (χ4v) is 2.77. The zero-order valence-corrected chi connectivity index (χ0v) is 11.7. The molecule has 3 rings (SSSR count). The van der Waals surface area contributed by atoms with E-state index in [1.54, 1.807) is 4.90 Å². The van der Waals surface area contributed by atoms with E-state index in [9.17, 15) is 9.18 Å². The molecule has 1 heterocycles. The molecule has 108 valence electrons. The molecule has 2 N–H and O–H groups in total. The first-order chi connectivity index (χ1) is 10.1. The van der Waals surface area contributed by atoms with Crippen LogP contribution in [0.1, 0.15) is 27.9 Å². The van der Waals surface area contributed by atoms with E-state index in [-0.39, 0.29) is 11.6 Å². The Balaban J connectivity index is 1.88. The van der Waals surface area contributed by atoms with Crippen LogP contribution in [0.3, 0.4) is 0 Å². The Morgan fingerprint density at radius 2 is 1.90 bits per heavy atom. The Kier molecular flexibility index (Phi) is 3.60. The molecule has 3 nitrogen and oxygen atoms in total. The summed E-state index contributed by atoms with van der Waals surface area (Å²) in [6, 6.07) is 12.1. The molecular formula is C17H17FN2O. The second kappa shape index (κ2) is 5.56. The molecule has 0 atom stereocenters. The number of anilines is 1. The molecule has 4 heteroatoms. The van der Waals surface area contributed by atoms with Gasteiger partial charge in [-0.1, -0.05) is 24.3 Å². The minimum absolute atomic E-state index is 0.135. The van der Waals surface area contributed by atoms with Gasteiger partial charge in [-0.3, -0.25) is 4.79 Å². The molecule has 2 aromatic rings. The van der Waals surface area contributed by atoms with Gasteiger partial charge in [0.25, 0.3) is 5.91 Å². The van der Waals surface area contributed by atoms with Crippen LogP contribution in [0.2, 0.25) is 0 Å². The number of hydrogen-bond donors (Lipinski definition) is 1. The quantitative estimate of drug-likeness (QED) is 0.818. The lowest BCUT2D eigenvalue weighted by molar-refractivity contribution is 0.0747. The standard InChI is InChI=1S/C17H17FN2O/c18-14-7-8-15(16(19)10-14)17(21)20-9-3-6-12-4-1-2-5-13(12)11-20/h1-2,4-5,7-8,10H,3,6,9,11,19H2. The van der Waals surface area contributed by atoms with Gasteiger partial charge in [0.2, 0.25) is 0 Å². The number of benzene rings is 2. The largest absolute Gasteiger partial charge is 0.398 e. The van der Waals surface area contributed by atoms with E-state index in [0.29, 0.717) is 18.7 Å². The van der Waals surface area contributed by atoms with Gasteiger partial charge in [0.1, 0.15) is 5.82 Å². The molecule has 0 aliphatic carbocycles. The average Bonchev–Trinajstić information content (AvgIpc) is 2.68. The Morgan fingerprint density at radius 1 is 1.14 bits per heavy atom. The summed E-state index contributed by atoms with van der Waals surface area (Å²) in [5.41, 5.74) is 8.80. The minimum Gasteiger partial charge on any atom is -0.398 e. The first kappa shape index (κ1) is 13.6. The van der Waals surface area contributed by atoms with E-state index in [0.717, 1.165) is 12.8 Å². The summed E-state index contributed by atoms with van der Waals surface area (Å²) in [5, 5.41) is 0. The van der Waals surface area contributed by atoms with Crippen molar-refractivity contribution in [1.82, 2.24) is 4.90 Å². The molecule has 1 aliphatic rings. The van der Waals surface area contributed by atoms with E-state index in [1.165, 1.54) is 29.3 Å². The van der Waals surface area contributed by atoms with Crippen molar-refractivity contribution in [3.8, 4) is 0 Å². The zero-order chi connectivity index (χ0) is 14.8. The highest BCUT2D eigenvalue weighted by molar-refractivity contribution is 5.99. The lowest BCUT2D eigenvalue weighted by atomic mass is 10.0. The fraction of sp³-hybridized carbons (Fsp3) is 0.235. The molecule has 1 aliphatic heterocycles. The molecule has 2 aromatic carbocycles. The summed E-state index contributed by atoms with van der Waals surface area (Å²) >= 11 is 0. The molecule has 0 unspecified atom stereocenters. The van der Waals surface area contributed by atoms with Crippen LogP contribution in [0, 0.1) is 5.82 Å². The van der Waals surface area contributed by atoms with Crippen LogP contribution in [-0.4, -0.2) is 17.4 Å². The number of fused-ring (bicyclic) bond motifs is 1. The number of nitrogens with two attached hydrogens (primary N) is 1. The summed E-state index contributed by atoms with van der Waals surface area (Å²) in [6.07, 6.45) is 1.89. The average molecular weight is 284 g/mol. The maximum absolute atomic E-state index is 13.1. The molecule has 0 saturated heterocycles. The fourth-order valence-electron chi connectivity index (χ4n) is 2.77. The van der Waals surface area contributed by atoms with Crippen molar-refractivity contribution >= 4 is 11.6 Å². The van der Waals surface area contributed by atoms with E-state index >= 15 is 0 Å². The summed E-state index contributed by atoms with van der Waals surface area (Å²) in [7, 11) is 0. The van der Waals surface area contributed by atoms with E-state index in [2.05, 4.69) is 12.1 Å². The lowest BCUT2D eigenvalue weighted by Gasteiger charge is -2.21. The number of carbonyl (C=O) groups is 1. The Bertz CT molecular complexity index is 684. The van der Waals surface area contributed by atoms with Crippen LogP contribution in [0.5, 0.6) is 0 Å². The maximum Gasteiger partial charge on any atom is 0.256 e. The molecule has 0 bridgehead atoms. The summed E-state index contributed by atoms with van der Waals surface area (Å²) < 4.78 is 13.1. The molecular weight excluding hydrogens is 267 g/mol. The topological polar surface area (TPSA) is 46.3 Å². The zero-order valence-electron chi connectivity index (χ0n) is 11.7. The van der Waals surface area contributed by atoms with Crippen molar-refractivity contribution in [2.45, 2.75) is 19.4 Å². The van der Waals surface area contributed by atoms with Gasteiger partial charge in [0, 0.05) is 18.8 Å². The Labute approximate surface area is 123 Å². The van der Waals surface area contributed by atoms with Crippen LogP contribution < -0.4 is 5.73 Å². The number of nitrogen functional groups attached to an aromatic ring is 1. The van der Waals surface area contributed by atoms with Crippen LogP contribution in [0.15, 0.2) is 42.5 Å². The van der Waals surface area contributed by atoms with Crippen molar-refractivity contribution in [1.29, 1.82) is 0 Å². The highest BCUT2D eigenvalue weighted by atomic mass is 19.1. The highest BCUT2D eigenvalue weighted by Gasteiger charge is 2.21. The van der Waals surface area contributed by atoms with Gasteiger partial charge in [-0.25, -0.2) is 4.39 Å². The molecule has 0 saturated carbocycles. The second-order valence-electron chi connectivity index (χ2n) is 5.33. The monoisotopic (exact) mass is 284 g/mol. The van der Waals surface area contributed by atoms with Gasteiger partial charge in [-0.15, -0.1) is 0 Å². The highest BCUT2D eigenvalue weighted by Crippen LogP contribution is 2.22. The first-order valence-corrected chi connectivity index (χ1v) is 7.06. The number of rotatable bonds is 1. The third-order valence-corrected chi connectivity index (χ3v) is 3.88. The molecule has 0 spiro atoms. The second-order valence-corrected chi connectivity index (χ2v) is 5.33. The normalized spacial score (nSPS) is 14.4. The Hall–Kier alpha value is -2.36. The maximum atomic E-state index is 13.1. The molecule has 1 amide bonds. The number of amides is 1. The minimum atomic E-state index is -0.426. The van der Waals surface area contributed by atoms with Crippen molar-refractivity contribution in [3.63, 3.8) is 0 Å². The van der Waals surface area contributed by atoms with Gasteiger partial charge < -0.3 is 10.6 Å². The van der Waals surface area contributed by atoms with Crippen molar-refractivity contribution in [2.75, 3.05) is 12.3 Å². The van der Waals surface area contributed by atoms with Crippen molar-refractivity contribution in [3.05, 3.63) is 65.0 Å². The van der Waals surface area contributed by atoms with E-state index in [4.69, 9.17) is 5.73 Å². The van der Waals surface area contributed by atoms with Crippen molar-refractivity contribution < 1.29 is 9.18 Å². The van der Waals surface area contributed by atoms with E-state index < -0.39 is 5.82 Å². The van der Waals surface area contributed by atoms with Crippen LogP contribution in [0.4, 0.5) is 10.1 Å². The van der Waals surface area contributed by atoms with Gasteiger partial charge in [0.15, 0.2) is 0 Å². The third kappa shape index (κ3) is 2.75. The van der Waals surface area contributed by atoms with Gasteiger partial charge in [-0.2, -0.15) is 0 Å². The summed E-state index contributed by atoms with van der Waals surface area (Å²) in [4.78, 5) is 14.4. The number of hydrogen-bond acceptors (Lipinski definition) is 2. The number of aryl methyl sites for hydroxylation is 1. The third-order valence-electron chi connectivity index (χ3n) is 3.88. The molecule has 0 radical (unpaired) electrons. The smallest absolute Gasteiger partial charge is 0.256 e. The summed E-state index contributed by atoms with van der Waals surface area (Å²) in [6.45, 7) is 1.26. The van der Waals surface area contributed by atoms with Crippen LogP contribution >= 0.6 is 0 Å². The molecule has 21 heavy (non-hydrogen) atoms. The predicted octanol–water partition coefficient (Wildman–Crippen LogP) is 3.00. The van der Waals surface area contributed by atoms with Crippen molar-refractivity contribution in [2.24, 2.45) is 0 Å². The Morgan fingerprint density at radius 3 is 2.67 bits per heavy atom. The SMILES string of the molecule is Nc1cc(F)ccc1C(=O)N1CCCc2ccccc2C1. The van der Waals surface area contributed by atoms with E-state index in [1.807, 2.05) is 12.1 Å². The van der Waals surface area contributed by atoms with Crippen LogP contribution in [-0.2, 0) is 13.0 Å². The lowest BCUT2D eigenvalue weighted by Crippen LogP contribution is -2.31. The summed E-state index contributed by atoms with van der Waals surface area (Å²) in [5.74, 6) is -0.561. The number of carbonyl (C=O) groups excluding carboxylic acids is 1. The van der Waals surface area contributed by atoms with Gasteiger partial charge in [-0.05, 0) is 42.2 Å². The van der Waals surface area contributed by atoms with Gasteiger partial charge in [0.05, 0.1) is 5.56 Å². The van der Waals surface area contributed by atoms with Crippen LogP contribution in [0.25, 0.3) is 0 Å². The number of halogens is 1. The molecule has 0 fully saturated rings. The first-order valence-electron chi connectivity index (χ1n) is 7.06. The number of nitrogens with zero attached hydrogens (tertiary/aromatic N) is 1.